The van der Waals surface area contributed by atoms with Crippen LogP contribution in [0.3, 0.4) is 0 Å². The fourth-order valence-electron chi connectivity index (χ4n) is 2.45. The van der Waals surface area contributed by atoms with Crippen LogP contribution in [-0.4, -0.2) is 64.6 Å². The Labute approximate surface area is 137 Å². The highest BCUT2D eigenvalue weighted by Crippen LogP contribution is 2.20. The molecule has 1 saturated heterocycles. The van der Waals surface area contributed by atoms with Crippen LogP contribution in [-0.2, 0) is 11.2 Å². The Morgan fingerprint density at radius 3 is 2.59 bits per heavy atom. The molecule has 1 amide bonds. The lowest BCUT2D eigenvalue weighted by Gasteiger charge is -2.38. The molecule has 0 bridgehead atoms. The lowest BCUT2D eigenvalue weighted by Crippen LogP contribution is -2.51. The van der Waals surface area contributed by atoms with Gasteiger partial charge in [-0.05, 0) is 5.41 Å². The van der Waals surface area contributed by atoms with Crippen LogP contribution < -0.4 is 0 Å². The molecule has 1 aromatic rings. The minimum absolute atomic E-state index is 0.0966. The van der Waals surface area contributed by atoms with E-state index in [0.717, 1.165) is 37.6 Å². The topological polar surface area (TPSA) is 56.7 Å². The number of thiazole rings is 1. The third-order valence-electron chi connectivity index (χ3n) is 4.19. The van der Waals surface area contributed by atoms with Crippen LogP contribution in [0.5, 0.6) is 0 Å². The number of aliphatic hydroxyl groups excluding tert-OH is 1. The van der Waals surface area contributed by atoms with Gasteiger partial charge in [0.05, 0.1) is 11.1 Å². The van der Waals surface area contributed by atoms with E-state index in [9.17, 15) is 9.90 Å². The zero-order valence-corrected chi connectivity index (χ0v) is 14.6. The standard InChI is InChI=1S/C16H27N3O2S/c1-16(2,3)13(20)12-18-7-9-19(10-8-18)15(21)5-4-14-17-6-11-22-14/h6,11,13,20H,4-5,7-10,12H2,1-3H3/t13-/m0/s1. The Balaban J connectivity index is 1.71. The van der Waals surface area contributed by atoms with Gasteiger partial charge in [0, 0.05) is 57.1 Å². The van der Waals surface area contributed by atoms with Gasteiger partial charge in [0.15, 0.2) is 0 Å². The third kappa shape index (κ3) is 5.04. The lowest BCUT2D eigenvalue weighted by atomic mass is 9.89. The number of rotatable bonds is 5. The van der Waals surface area contributed by atoms with Crippen molar-refractivity contribution in [1.29, 1.82) is 0 Å². The number of β-amino-alcohol motifs (C(OH)–C–C–N with tert-alkyl or cyclic N) is 1. The number of carbonyl (C=O) groups is 1. The zero-order valence-electron chi connectivity index (χ0n) is 13.8. The largest absolute Gasteiger partial charge is 0.391 e. The monoisotopic (exact) mass is 325 g/mol. The normalized spacial score (nSPS) is 18.5. The van der Waals surface area contributed by atoms with Crippen LogP contribution in [0.1, 0.15) is 32.2 Å². The van der Waals surface area contributed by atoms with E-state index < -0.39 is 0 Å². The maximum atomic E-state index is 12.2. The van der Waals surface area contributed by atoms with Gasteiger partial charge in [-0.25, -0.2) is 4.98 Å². The Hall–Kier alpha value is -0.980. The minimum atomic E-state index is -0.334. The first kappa shape index (κ1) is 17.4. The maximum Gasteiger partial charge on any atom is 0.223 e. The van der Waals surface area contributed by atoms with Crippen LogP contribution in [0.4, 0.5) is 0 Å². The van der Waals surface area contributed by atoms with E-state index in [2.05, 4.69) is 30.7 Å². The van der Waals surface area contributed by atoms with Gasteiger partial charge in [0.1, 0.15) is 0 Å². The summed E-state index contributed by atoms with van der Waals surface area (Å²) in [4.78, 5) is 20.6. The number of carbonyl (C=O) groups excluding carboxylic acids is 1. The first-order valence-electron chi connectivity index (χ1n) is 7.93. The summed E-state index contributed by atoms with van der Waals surface area (Å²) in [7, 11) is 0. The number of amides is 1. The van der Waals surface area contributed by atoms with E-state index in [-0.39, 0.29) is 17.4 Å². The number of hydrogen-bond donors (Lipinski definition) is 1. The fraction of sp³-hybridized carbons (Fsp3) is 0.750. The minimum Gasteiger partial charge on any atom is -0.391 e. The van der Waals surface area contributed by atoms with E-state index in [1.54, 1.807) is 17.5 Å². The Morgan fingerprint density at radius 2 is 2.05 bits per heavy atom. The van der Waals surface area contributed by atoms with Gasteiger partial charge in [0.2, 0.25) is 5.91 Å². The summed E-state index contributed by atoms with van der Waals surface area (Å²) in [6.45, 7) is 10.0. The molecule has 0 radical (unpaired) electrons. The first-order chi connectivity index (χ1) is 10.4. The number of piperazine rings is 1. The summed E-state index contributed by atoms with van der Waals surface area (Å²) in [6.07, 6.45) is 2.72. The fourth-order valence-corrected chi connectivity index (χ4v) is 3.07. The van der Waals surface area contributed by atoms with Crippen molar-refractivity contribution in [2.45, 2.75) is 39.7 Å². The highest BCUT2D eigenvalue weighted by atomic mass is 32.1. The summed E-state index contributed by atoms with van der Waals surface area (Å²) >= 11 is 1.60. The van der Waals surface area contributed by atoms with Gasteiger partial charge < -0.3 is 10.0 Å². The molecule has 0 saturated carbocycles. The molecule has 2 rings (SSSR count). The maximum absolute atomic E-state index is 12.2. The summed E-state index contributed by atoms with van der Waals surface area (Å²) in [5.74, 6) is 0.214. The molecule has 1 N–H and O–H groups in total. The van der Waals surface area contributed by atoms with Crippen LogP contribution in [0.25, 0.3) is 0 Å². The number of aryl methyl sites for hydroxylation is 1. The van der Waals surface area contributed by atoms with Crippen molar-refractivity contribution in [1.82, 2.24) is 14.8 Å². The van der Waals surface area contributed by atoms with E-state index in [4.69, 9.17) is 0 Å². The summed E-state index contributed by atoms with van der Waals surface area (Å²) in [5.41, 5.74) is -0.0966. The van der Waals surface area contributed by atoms with Crippen molar-refractivity contribution in [2.24, 2.45) is 5.41 Å². The smallest absolute Gasteiger partial charge is 0.223 e. The second-order valence-corrected chi connectivity index (χ2v) is 7.97. The van der Waals surface area contributed by atoms with Gasteiger partial charge >= 0.3 is 0 Å². The molecule has 1 atom stereocenters. The van der Waals surface area contributed by atoms with Crippen LogP contribution in [0, 0.1) is 5.41 Å². The van der Waals surface area contributed by atoms with Gasteiger partial charge in [-0.2, -0.15) is 0 Å². The molecule has 0 aromatic carbocycles. The second kappa shape index (κ2) is 7.53. The van der Waals surface area contributed by atoms with Crippen molar-refractivity contribution >= 4 is 17.2 Å². The van der Waals surface area contributed by atoms with Gasteiger partial charge in [-0.15, -0.1) is 11.3 Å². The highest BCUT2D eigenvalue weighted by Gasteiger charge is 2.27. The molecule has 22 heavy (non-hydrogen) atoms. The number of nitrogens with zero attached hydrogens (tertiary/aromatic N) is 3. The molecular formula is C16H27N3O2S. The van der Waals surface area contributed by atoms with E-state index >= 15 is 0 Å². The average molecular weight is 325 g/mol. The molecule has 1 aromatic heterocycles. The first-order valence-corrected chi connectivity index (χ1v) is 8.81. The van der Waals surface area contributed by atoms with Crippen LogP contribution in [0.2, 0.25) is 0 Å². The Bertz CT molecular complexity index is 462. The summed E-state index contributed by atoms with van der Waals surface area (Å²) in [5, 5.41) is 13.1. The van der Waals surface area contributed by atoms with Gasteiger partial charge in [0.25, 0.3) is 0 Å². The molecule has 1 aliphatic rings. The van der Waals surface area contributed by atoms with Crippen LogP contribution >= 0.6 is 11.3 Å². The Kier molecular flexibility index (Phi) is 5.94. The molecule has 0 spiro atoms. The van der Waals surface area contributed by atoms with E-state index in [1.807, 2.05) is 10.3 Å². The number of aliphatic hydroxyl groups is 1. The van der Waals surface area contributed by atoms with E-state index in [0.29, 0.717) is 13.0 Å². The van der Waals surface area contributed by atoms with Crippen molar-refractivity contribution in [3.05, 3.63) is 16.6 Å². The van der Waals surface area contributed by atoms with Crippen molar-refractivity contribution in [3.8, 4) is 0 Å². The van der Waals surface area contributed by atoms with Gasteiger partial charge in [-0.3, -0.25) is 9.69 Å². The zero-order chi connectivity index (χ0) is 16.2. The molecule has 5 nitrogen and oxygen atoms in total. The van der Waals surface area contributed by atoms with Crippen molar-refractivity contribution in [3.63, 3.8) is 0 Å². The second-order valence-electron chi connectivity index (χ2n) is 6.99. The summed E-state index contributed by atoms with van der Waals surface area (Å²) < 4.78 is 0. The number of hydrogen-bond acceptors (Lipinski definition) is 5. The molecule has 6 heteroatoms. The molecule has 1 fully saturated rings. The van der Waals surface area contributed by atoms with Gasteiger partial charge in [-0.1, -0.05) is 20.8 Å². The molecule has 2 heterocycles. The lowest BCUT2D eigenvalue weighted by molar-refractivity contribution is -0.133. The molecule has 0 aliphatic carbocycles. The predicted octanol–water partition coefficient (Wildman–Crippen LogP) is 1.63. The highest BCUT2D eigenvalue weighted by molar-refractivity contribution is 7.09. The number of aromatic nitrogens is 1. The van der Waals surface area contributed by atoms with E-state index in [1.165, 1.54) is 0 Å². The average Bonchev–Trinajstić information content (AvgIpc) is 2.98. The third-order valence-corrected chi connectivity index (χ3v) is 5.03. The van der Waals surface area contributed by atoms with Crippen molar-refractivity contribution in [2.75, 3.05) is 32.7 Å². The predicted molar refractivity (Wildman–Crippen MR) is 88.9 cm³/mol. The quantitative estimate of drug-likeness (QED) is 0.894. The molecular weight excluding hydrogens is 298 g/mol. The molecule has 1 aliphatic heterocycles. The molecule has 124 valence electrons. The Morgan fingerprint density at radius 1 is 1.36 bits per heavy atom. The molecule has 0 unspecified atom stereocenters. The van der Waals surface area contributed by atoms with Crippen molar-refractivity contribution < 1.29 is 9.90 Å². The van der Waals surface area contributed by atoms with Crippen LogP contribution in [0.15, 0.2) is 11.6 Å². The SMILES string of the molecule is CC(C)(C)[C@@H](O)CN1CCN(C(=O)CCc2nccs2)CC1. The summed E-state index contributed by atoms with van der Waals surface area (Å²) in [6, 6.07) is 0.